The fraction of sp³-hybridized carbons (Fsp3) is 0.276. The van der Waals surface area contributed by atoms with Crippen molar-refractivity contribution in [3.8, 4) is 6.07 Å². The topological polar surface area (TPSA) is 128 Å². The zero-order valence-corrected chi connectivity index (χ0v) is 24.2. The molecule has 0 spiro atoms. The summed E-state index contributed by atoms with van der Waals surface area (Å²) in [5, 5.41) is 15.4. The summed E-state index contributed by atoms with van der Waals surface area (Å²) in [4.78, 5) is 47.0. The standard InChI is InChI=1S/C29H28Cl2N6O4/c1-29(2,3)41-28(40)37-12-10-36(11-13-37)23-15-21(31)14-22(27(39)34-24-9-8-20(30)17-33-24)25(23)35-26(38)19-6-4-18(16-32)5-7-19/h4-9,14-15,17H,10-13H2,1-3H3,(H,35,38)(H,33,34,39). The minimum Gasteiger partial charge on any atom is -0.444 e. The van der Waals surface area contributed by atoms with Crippen molar-refractivity contribution in [2.75, 3.05) is 41.7 Å². The van der Waals surface area contributed by atoms with Crippen LogP contribution in [0.1, 0.15) is 47.1 Å². The van der Waals surface area contributed by atoms with Crippen LogP contribution < -0.4 is 15.5 Å². The summed E-state index contributed by atoms with van der Waals surface area (Å²) in [6.07, 6.45) is 0.992. The maximum Gasteiger partial charge on any atom is 0.410 e. The number of hydrogen-bond acceptors (Lipinski definition) is 7. The van der Waals surface area contributed by atoms with Crippen molar-refractivity contribution in [3.63, 3.8) is 0 Å². The Bertz CT molecular complexity index is 1490. The largest absolute Gasteiger partial charge is 0.444 e. The van der Waals surface area contributed by atoms with E-state index >= 15 is 0 Å². The highest BCUT2D eigenvalue weighted by atomic mass is 35.5. The lowest BCUT2D eigenvalue weighted by molar-refractivity contribution is 0.0240. The van der Waals surface area contributed by atoms with Gasteiger partial charge in [-0.2, -0.15) is 5.26 Å². The van der Waals surface area contributed by atoms with Gasteiger partial charge in [0.25, 0.3) is 11.8 Å². The molecule has 0 aliphatic carbocycles. The van der Waals surface area contributed by atoms with Gasteiger partial charge in [-0.3, -0.25) is 9.59 Å². The van der Waals surface area contributed by atoms with Crippen molar-refractivity contribution < 1.29 is 19.1 Å². The van der Waals surface area contributed by atoms with Gasteiger partial charge >= 0.3 is 6.09 Å². The van der Waals surface area contributed by atoms with E-state index in [1.807, 2.05) is 31.7 Å². The van der Waals surface area contributed by atoms with Gasteiger partial charge < -0.3 is 25.2 Å². The van der Waals surface area contributed by atoms with E-state index in [9.17, 15) is 14.4 Å². The third-order valence-corrected chi connectivity index (χ3v) is 6.52. The number of ether oxygens (including phenoxy) is 1. The van der Waals surface area contributed by atoms with Crippen molar-refractivity contribution in [3.05, 3.63) is 81.5 Å². The number of nitrogens with zero attached hydrogens (tertiary/aromatic N) is 4. The number of carbonyl (C=O) groups is 3. The first-order chi connectivity index (χ1) is 19.4. The highest BCUT2D eigenvalue weighted by molar-refractivity contribution is 6.32. The molecule has 3 amide bonds. The van der Waals surface area contributed by atoms with Crippen LogP contribution >= 0.6 is 23.2 Å². The second-order valence-corrected chi connectivity index (χ2v) is 11.1. The third-order valence-electron chi connectivity index (χ3n) is 6.08. The van der Waals surface area contributed by atoms with Crippen LogP contribution in [0.4, 0.5) is 22.0 Å². The zero-order chi connectivity index (χ0) is 29.7. The van der Waals surface area contributed by atoms with Gasteiger partial charge in [-0.05, 0) is 69.3 Å². The van der Waals surface area contributed by atoms with Crippen molar-refractivity contribution in [1.82, 2.24) is 9.88 Å². The SMILES string of the molecule is CC(C)(C)OC(=O)N1CCN(c2cc(Cl)cc(C(=O)Nc3ccc(Cl)cn3)c2NC(=O)c2ccc(C#N)cc2)CC1. The van der Waals surface area contributed by atoms with Crippen LogP contribution in [0.3, 0.4) is 0 Å². The Morgan fingerprint density at radius 3 is 2.20 bits per heavy atom. The number of carbonyl (C=O) groups excluding carboxylic acids is 3. The molecule has 1 aliphatic rings. The van der Waals surface area contributed by atoms with E-state index in [0.29, 0.717) is 48.0 Å². The molecule has 2 aromatic carbocycles. The minimum absolute atomic E-state index is 0.112. The number of aromatic nitrogens is 1. The van der Waals surface area contributed by atoms with E-state index < -0.39 is 23.5 Å². The molecule has 2 N–H and O–H groups in total. The molecule has 0 bridgehead atoms. The van der Waals surface area contributed by atoms with Gasteiger partial charge in [0.1, 0.15) is 11.4 Å². The Labute approximate surface area is 247 Å². The number of amides is 3. The van der Waals surface area contributed by atoms with Crippen LogP contribution in [-0.4, -0.2) is 59.6 Å². The molecule has 212 valence electrons. The Balaban J connectivity index is 1.66. The Morgan fingerprint density at radius 1 is 0.927 bits per heavy atom. The third kappa shape index (κ3) is 7.66. The first-order valence-electron chi connectivity index (χ1n) is 12.7. The molecule has 1 saturated heterocycles. The normalized spacial score (nSPS) is 13.3. The number of rotatable bonds is 5. The zero-order valence-electron chi connectivity index (χ0n) is 22.7. The van der Waals surface area contributed by atoms with Crippen molar-refractivity contribution >= 4 is 58.3 Å². The van der Waals surface area contributed by atoms with E-state index in [-0.39, 0.29) is 22.1 Å². The van der Waals surface area contributed by atoms with Gasteiger partial charge in [0.05, 0.1) is 33.6 Å². The van der Waals surface area contributed by atoms with Gasteiger partial charge in [0, 0.05) is 43.0 Å². The van der Waals surface area contributed by atoms with Gasteiger partial charge in [-0.15, -0.1) is 0 Å². The summed E-state index contributed by atoms with van der Waals surface area (Å²) in [7, 11) is 0. The maximum atomic E-state index is 13.5. The number of nitriles is 1. The Hall–Kier alpha value is -4.33. The highest BCUT2D eigenvalue weighted by Crippen LogP contribution is 2.35. The van der Waals surface area contributed by atoms with Crippen LogP contribution in [0.25, 0.3) is 0 Å². The molecule has 0 saturated carbocycles. The molecular formula is C29H28Cl2N6O4. The van der Waals surface area contributed by atoms with Crippen molar-refractivity contribution in [2.45, 2.75) is 26.4 Å². The second kappa shape index (κ2) is 12.5. The fourth-order valence-electron chi connectivity index (χ4n) is 4.12. The first-order valence-corrected chi connectivity index (χ1v) is 13.5. The molecule has 41 heavy (non-hydrogen) atoms. The predicted molar refractivity (Wildman–Crippen MR) is 158 cm³/mol. The molecule has 0 radical (unpaired) electrons. The average molecular weight is 595 g/mol. The average Bonchev–Trinajstić information content (AvgIpc) is 2.94. The number of nitrogens with one attached hydrogen (secondary N) is 2. The molecular weight excluding hydrogens is 567 g/mol. The van der Waals surface area contributed by atoms with Crippen molar-refractivity contribution in [1.29, 1.82) is 5.26 Å². The van der Waals surface area contributed by atoms with Gasteiger partial charge in [-0.25, -0.2) is 9.78 Å². The van der Waals surface area contributed by atoms with Gasteiger partial charge in [-0.1, -0.05) is 23.2 Å². The van der Waals surface area contributed by atoms with E-state index in [0.717, 1.165) is 0 Å². The Morgan fingerprint density at radius 2 is 1.61 bits per heavy atom. The van der Waals surface area contributed by atoms with Crippen LogP contribution in [0.2, 0.25) is 10.0 Å². The first kappa shape index (κ1) is 29.6. The molecule has 3 aromatic rings. The monoisotopic (exact) mass is 594 g/mol. The molecule has 1 aliphatic heterocycles. The molecule has 0 unspecified atom stereocenters. The summed E-state index contributed by atoms with van der Waals surface area (Å²) in [5.41, 5.74) is 0.947. The molecule has 0 atom stereocenters. The molecule has 1 fully saturated rings. The summed E-state index contributed by atoms with van der Waals surface area (Å²) >= 11 is 12.4. The lowest BCUT2D eigenvalue weighted by Gasteiger charge is -2.37. The van der Waals surface area contributed by atoms with Crippen LogP contribution in [0.15, 0.2) is 54.7 Å². The predicted octanol–water partition coefficient (Wildman–Crippen LogP) is 5.82. The number of piperazine rings is 1. The molecule has 4 rings (SSSR count). The van der Waals surface area contributed by atoms with E-state index in [2.05, 4.69) is 15.6 Å². The van der Waals surface area contributed by atoms with Crippen LogP contribution in [0, 0.1) is 11.3 Å². The summed E-state index contributed by atoms with van der Waals surface area (Å²) < 4.78 is 5.50. The summed E-state index contributed by atoms with van der Waals surface area (Å²) in [6, 6.07) is 14.4. The summed E-state index contributed by atoms with van der Waals surface area (Å²) in [5.74, 6) is -0.772. The van der Waals surface area contributed by atoms with Gasteiger partial charge in [0.2, 0.25) is 0 Å². The quantitative estimate of drug-likeness (QED) is 0.380. The minimum atomic E-state index is -0.620. The van der Waals surface area contributed by atoms with Gasteiger partial charge in [0.15, 0.2) is 0 Å². The molecule has 1 aromatic heterocycles. The number of anilines is 3. The lowest BCUT2D eigenvalue weighted by atomic mass is 10.1. The van der Waals surface area contributed by atoms with E-state index in [1.54, 1.807) is 23.1 Å². The fourth-order valence-corrected chi connectivity index (χ4v) is 4.45. The Kier molecular flexibility index (Phi) is 9.01. The number of hydrogen-bond donors (Lipinski definition) is 2. The van der Waals surface area contributed by atoms with E-state index in [1.165, 1.54) is 36.5 Å². The molecule has 10 nitrogen and oxygen atoms in total. The van der Waals surface area contributed by atoms with Crippen molar-refractivity contribution in [2.24, 2.45) is 0 Å². The number of pyridine rings is 1. The smallest absolute Gasteiger partial charge is 0.410 e. The maximum absolute atomic E-state index is 13.5. The summed E-state index contributed by atoms with van der Waals surface area (Å²) in [6.45, 7) is 6.95. The van der Waals surface area contributed by atoms with E-state index in [4.69, 9.17) is 33.2 Å². The highest BCUT2D eigenvalue weighted by Gasteiger charge is 2.29. The number of halogens is 2. The molecule has 2 heterocycles. The second-order valence-electron chi connectivity index (χ2n) is 10.3. The number of benzene rings is 2. The van der Waals surface area contributed by atoms with Crippen LogP contribution in [-0.2, 0) is 4.74 Å². The van der Waals surface area contributed by atoms with Crippen LogP contribution in [0.5, 0.6) is 0 Å². The molecule has 12 heteroatoms. The lowest BCUT2D eigenvalue weighted by Crippen LogP contribution is -2.50.